The van der Waals surface area contributed by atoms with E-state index in [-0.39, 0.29) is 5.70 Å². The van der Waals surface area contributed by atoms with Crippen molar-refractivity contribution in [1.29, 1.82) is 0 Å². The summed E-state index contributed by atoms with van der Waals surface area (Å²) in [5.74, 6) is -0.221. The highest BCUT2D eigenvalue weighted by Crippen LogP contribution is 2.26. The molecular weight excluding hydrogens is 246 g/mol. The summed E-state index contributed by atoms with van der Waals surface area (Å²) in [4.78, 5) is 23.3. The Bertz CT molecular complexity index is 362. The lowest BCUT2D eigenvalue weighted by atomic mass is 10.1. The van der Waals surface area contributed by atoms with Gasteiger partial charge in [0.2, 0.25) is 0 Å². The van der Waals surface area contributed by atoms with Crippen LogP contribution in [0.4, 0.5) is 4.79 Å². The number of allylic oxidation sites excluding steroid dienone is 1. The fraction of sp³-hybridized carbons (Fsp3) is 0.714. The second-order valence-electron chi connectivity index (χ2n) is 5.74. The Morgan fingerprint density at radius 2 is 1.79 bits per heavy atom. The molecule has 0 aromatic carbocycles. The number of ether oxygens (including phenoxy) is 2. The van der Waals surface area contributed by atoms with Crippen LogP contribution in [0.15, 0.2) is 11.8 Å². The second kappa shape index (κ2) is 6.59. The van der Waals surface area contributed by atoms with Gasteiger partial charge >= 0.3 is 12.1 Å². The number of hydrogen-bond donors (Lipinski definition) is 1. The van der Waals surface area contributed by atoms with Gasteiger partial charge in [0.05, 0.1) is 7.11 Å². The third-order valence-corrected chi connectivity index (χ3v) is 2.84. The highest BCUT2D eigenvalue weighted by Gasteiger charge is 2.22. The van der Waals surface area contributed by atoms with Crippen LogP contribution >= 0.6 is 0 Å². The smallest absolute Gasteiger partial charge is 0.412 e. The van der Waals surface area contributed by atoms with E-state index >= 15 is 0 Å². The van der Waals surface area contributed by atoms with E-state index in [9.17, 15) is 9.59 Å². The SMILES string of the molecule is COC(=O)/C(=C\C1CCCC1)NC(=O)OC(C)(C)C. The van der Waals surface area contributed by atoms with Crippen molar-refractivity contribution in [1.82, 2.24) is 5.32 Å². The molecule has 0 bridgehead atoms. The lowest BCUT2D eigenvalue weighted by molar-refractivity contribution is -0.136. The molecule has 1 saturated carbocycles. The molecule has 0 unspecified atom stereocenters. The minimum Gasteiger partial charge on any atom is -0.464 e. The van der Waals surface area contributed by atoms with Crippen molar-refractivity contribution in [2.45, 2.75) is 52.1 Å². The summed E-state index contributed by atoms with van der Waals surface area (Å²) in [5, 5.41) is 2.48. The summed E-state index contributed by atoms with van der Waals surface area (Å²) in [7, 11) is 1.29. The van der Waals surface area contributed by atoms with Crippen molar-refractivity contribution in [3.05, 3.63) is 11.8 Å². The lowest BCUT2D eigenvalue weighted by Crippen LogP contribution is -2.34. The van der Waals surface area contributed by atoms with E-state index in [0.717, 1.165) is 25.7 Å². The maximum absolute atomic E-state index is 11.7. The van der Waals surface area contributed by atoms with Crippen LogP contribution in [0, 0.1) is 5.92 Å². The van der Waals surface area contributed by atoms with Gasteiger partial charge in [-0.15, -0.1) is 0 Å². The third-order valence-electron chi connectivity index (χ3n) is 2.84. The van der Waals surface area contributed by atoms with Crippen LogP contribution in [-0.2, 0) is 14.3 Å². The van der Waals surface area contributed by atoms with E-state index in [1.165, 1.54) is 7.11 Å². The number of esters is 1. The van der Waals surface area contributed by atoms with Gasteiger partial charge in [0, 0.05) is 0 Å². The highest BCUT2D eigenvalue weighted by atomic mass is 16.6. The van der Waals surface area contributed by atoms with Crippen LogP contribution in [0.25, 0.3) is 0 Å². The predicted octanol–water partition coefficient (Wildman–Crippen LogP) is 2.76. The number of hydrogen-bond acceptors (Lipinski definition) is 4. The Hall–Kier alpha value is -1.52. The molecule has 19 heavy (non-hydrogen) atoms. The zero-order valence-corrected chi connectivity index (χ0v) is 12.1. The van der Waals surface area contributed by atoms with Crippen LogP contribution < -0.4 is 5.32 Å². The van der Waals surface area contributed by atoms with Gasteiger partial charge < -0.3 is 9.47 Å². The predicted molar refractivity (Wildman–Crippen MR) is 71.4 cm³/mol. The maximum atomic E-state index is 11.7. The van der Waals surface area contributed by atoms with Gasteiger partial charge in [-0.25, -0.2) is 9.59 Å². The lowest BCUT2D eigenvalue weighted by Gasteiger charge is -2.20. The molecule has 0 aromatic heterocycles. The molecule has 1 aliphatic carbocycles. The van der Waals surface area contributed by atoms with E-state index in [1.54, 1.807) is 26.8 Å². The Balaban J connectivity index is 2.69. The summed E-state index contributed by atoms with van der Waals surface area (Å²) in [6, 6.07) is 0. The topological polar surface area (TPSA) is 64.6 Å². The van der Waals surface area contributed by atoms with Crippen molar-refractivity contribution in [2.75, 3.05) is 7.11 Å². The Labute approximate surface area is 114 Å². The molecule has 1 aliphatic rings. The number of methoxy groups -OCH3 is 1. The molecule has 0 aromatic rings. The third kappa shape index (κ3) is 5.77. The van der Waals surface area contributed by atoms with E-state index in [2.05, 4.69) is 10.1 Å². The number of amides is 1. The van der Waals surface area contributed by atoms with Crippen LogP contribution in [-0.4, -0.2) is 24.8 Å². The summed E-state index contributed by atoms with van der Waals surface area (Å²) in [6.45, 7) is 5.31. The van der Waals surface area contributed by atoms with Gasteiger partial charge in [0.1, 0.15) is 11.3 Å². The molecule has 0 heterocycles. The molecule has 1 rings (SSSR count). The van der Waals surface area contributed by atoms with E-state index < -0.39 is 17.7 Å². The fourth-order valence-electron chi connectivity index (χ4n) is 2.04. The van der Waals surface area contributed by atoms with Crippen LogP contribution in [0.1, 0.15) is 46.5 Å². The normalized spacial score (nSPS) is 17.2. The van der Waals surface area contributed by atoms with Gasteiger partial charge in [0.25, 0.3) is 0 Å². The van der Waals surface area contributed by atoms with Crippen LogP contribution in [0.2, 0.25) is 0 Å². The molecule has 1 fully saturated rings. The van der Waals surface area contributed by atoms with E-state index in [4.69, 9.17) is 4.74 Å². The molecular formula is C14H23NO4. The van der Waals surface area contributed by atoms with Crippen molar-refractivity contribution in [2.24, 2.45) is 5.92 Å². The zero-order valence-electron chi connectivity index (χ0n) is 12.1. The first-order valence-corrected chi connectivity index (χ1v) is 6.62. The van der Waals surface area contributed by atoms with Crippen molar-refractivity contribution in [3.8, 4) is 0 Å². The number of carbonyl (C=O) groups excluding carboxylic acids is 2. The average Bonchev–Trinajstić information content (AvgIpc) is 2.77. The maximum Gasteiger partial charge on any atom is 0.412 e. The molecule has 0 atom stereocenters. The van der Waals surface area contributed by atoms with Crippen LogP contribution in [0.5, 0.6) is 0 Å². The molecule has 1 amide bonds. The second-order valence-corrected chi connectivity index (χ2v) is 5.74. The Morgan fingerprint density at radius 3 is 2.26 bits per heavy atom. The standard InChI is InChI=1S/C14H23NO4/c1-14(2,3)19-13(17)15-11(12(16)18-4)9-10-7-5-6-8-10/h9-10H,5-8H2,1-4H3,(H,15,17)/b11-9+. The molecule has 0 saturated heterocycles. The number of carbonyl (C=O) groups is 2. The van der Waals surface area contributed by atoms with Gasteiger partial charge in [-0.3, -0.25) is 5.32 Å². The first-order chi connectivity index (χ1) is 8.81. The van der Waals surface area contributed by atoms with Crippen molar-refractivity contribution >= 4 is 12.1 Å². The number of nitrogens with one attached hydrogen (secondary N) is 1. The quantitative estimate of drug-likeness (QED) is 0.632. The van der Waals surface area contributed by atoms with Gasteiger partial charge in [-0.1, -0.05) is 18.9 Å². The van der Waals surface area contributed by atoms with Crippen LogP contribution in [0.3, 0.4) is 0 Å². The molecule has 5 heteroatoms. The van der Waals surface area contributed by atoms with Crippen molar-refractivity contribution < 1.29 is 19.1 Å². The molecule has 108 valence electrons. The monoisotopic (exact) mass is 269 g/mol. The number of rotatable bonds is 3. The minimum absolute atomic E-state index is 0.170. The van der Waals surface area contributed by atoms with Gasteiger partial charge in [-0.2, -0.15) is 0 Å². The van der Waals surface area contributed by atoms with Crippen molar-refractivity contribution in [3.63, 3.8) is 0 Å². The molecule has 1 N–H and O–H groups in total. The first kappa shape index (κ1) is 15.5. The Kier molecular flexibility index (Phi) is 5.39. The molecule has 0 radical (unpaired) electrons. The van der Waals surface area contributed by atoms with E-state index in [0.29, 0.717) is 5.92 Å². The van der Waals surface area contributed by atoms with Gasteiger partial charge in [0.15, 0.2) is 0 Å². The number of alkyl carbamates (subject to hydrolysis) is 1. The average molecular weight is 269 g/mol. The Morgan fingerprint density at radius 1 is 1.21 bits per heavy atom. The fourth-order valence-corrected chi connectivity index (χ4v) is 2.04. The highest BCUT2D eigenvalue weighted by molar-refractivity contribution is 5.92. The van der Waals surface area contributed by atoms with E-state index in [1.807, 2.05) is 0 Å². The largest absolute Gasteiger partial charge is 0.464 e. The molecule has 5 nitrogen and oxygen atoms in total. The first-order valence-electron chi connectivity index (χ1n) is 6.62. The summed E-state index contributed by atoms with van der Waals surface area (Å²) >= 11 is 0. The summed E-state index contributed by atoms with van der Waals surface area (Å²) in [6.07, 6.45) is 5.53. The minimum atomic E-state index is -0.637. The van der Waals surface area contributed by atoms with Gasteiger partial charge in [-0.05, 0) is 39.5 Å². The molecule has 0 spiro atoms. The summed E-state index contributed by atoms with van der Waals surface area (Å²) in [5.41, 5.74) is -0.428. The summed E-state index contributed by atoms with van der Waals surface area (Å²) < 4.78 is 9.80. The zero-order chi connectivity index (χ0) is 14.5. The molecule has 0 aliphatic heterocycles.